The number of carbonyl (C=O) groups is 2. The van der Waals surface area contributed by atoms with Crippen molar-refractivity contribution in [2.24, 2.45) is 0 Å². The van der Waals surface area contributed by atoms with Gasteiger partial charge in [0.2, 0.25) is 0 Å². The molecule has 0 saturated heterocycles. The third-order valence-corrected chi connectivity index (χ3v) is 1.88. The summed E-state index contributed by atoms with van der Waals surface area (Å²) in [5.74, 6) is -0.523. The second kappa shape index (κ2) is 4.77. The molecule has 0 aromatic heterocycles. The summed E-state index contributed by atoms with van der Waals surface area (Å²) in [7, 11) is 0. The van der Waals surface area contributed by atoms with E-state index < -0.39 is 0 Å². The lowest BCUT2D eigenvalue weighted by Gasteiger charge is -2.00. The number of carbonyl (C=O) groups excluding carboxylic acids is 2. The van der Waals surface area contributed by atoms with Gasteiger partial charge >= 0.3 is 0 Å². The summed E-state index contributed by atoms with van der Waals surface area (Å²) in [5, 5.41) is 5.37. The lowest BCUT2D eigenvalue weighted by Crippen LogP contribution is -2.22. The fraction of sp³-hybridized carbons (Fsp3) is 0.556. The molecule has 2 N–H and O–H groups in total. The molecule has 0 aliphatic carbocycles. The molecule has 0 unspecified atom stereocenters. The SMILES string of the molecule is CCNCCCC1=CC(=O)NC1=O. The Morgan fingerprint density at radius 3 is 2.77 bits per heavy atom. The van der Waals surface area contributed by atoms with Gasteiger partial charge in [-0.1, -0.05) is 6.92 Å². The van der Waals surface area contributed by atoms with Crippen molar-refractivity contribution in [3.8, 4) is 0 Å². The van der Waals surface area contributed by atoms with Crippen LogP contribution >= 0.6 is 0 Å². The van der Waals surface area contributed by atoms with E-state index in [1.54, 1.807) is 0 Å². The van der Waals surface area contributed by atoms with Crippen LogP contribution in [0, 0.1) is 0 Å². The van der Waals surface area contributed by atoms with Gasteiger partial charge in [0, 0.05) is 11.6 Å². The third-order valence-electron chi connectivity index (χ3n) is 1.88. The molecule has 72 valence electrons. The van der Waals surface area contributed by atoms with Gasteiger partial charge in [0.15, 0.2) is 0 Å². The predicted molar refractivity (Wildman–Crippen MR) is 49.0 cm³/mol. The summed E-state index contributed by atoms with van der Waals surface area (Å²) < 4.78 is 0. The van der Waals surface area contributed by atoms with E-state index in [2.05, 4.69) is 10.6 Å². The number of amides is 2. The van der Waals surface area contributed by atoms with Gasteiger partial charge in [-0.15, -0.1) is 0 Å². The van der Waals surface area contributed by atoms with Gasteiger partial charge in [-0.05, 0) is 25.9 Å². The maximum atomic E-state index is 11.0. The van der Waals surface area contributed by atoms with Gasteiger partial charge in [0.25, 0.3) is 11.8 Å². The highest BCUT2D eigenvalue weighted by atomic mass is 16.2. The minimum absolute atomic E-state index is 0.235. The largest absolute Gasteiger partial charge is 0.317 e. The molecule has 0 spiro atoms. The van der Waals surface area contributed by atoms with Crippen LogP contribution in [0.1, 0.15) is 19.8 Å². The highest BCUT2D eigenvalue weighted by Crippen LogP contribution is 2.08. The lowest BCUT2D eigenvalue weighted by molar-refractivity contribution is -0.123. The van der Waals surface area contributed by atoms with Crippen LogP contribution in [0.2, 0.25) is 0 Å². The Kier molecular flexibility index (Phi) is 3.64. The molecule has 1 aliphatic heterocycles. The van der Waals surface area contributed by atoms with Crippen LogP contribution in [-0.2, 0) is 9.59 Å². The summed E-state index contributed by atoms with van der Waals surface area (Å²) in [6.45, 7) is 3.85. The fourth-order valence-corrected chi connectivity index (χ4v) is 1.22. The minimum atomic E-state index is -0.288. The van der Waals surface area contributed by atoms with Crippen molar-refractivity contribution < 1.29 is 9.59 Å². The molecule has 0 fully saturated rings. The molecule has 0 aromatic rings. The van der Waals surface area contributed by atoms with Crippen LogP contribution in [-0.4, -0.2) is 24.9 Å². The fourth-order valence-electron chi connectivity index (χ4n) is 1.22. The van der Waals surface area contributed by atoms with E-state index in [9.17, 15) is 9.59 Å². The molecule has 0 radical (unpaired) electrons. The van der Waals surface area contributed by atoms with Gasteiger partial charge in [-0.2, -0.15) is 0 Å². The molecule has 0 aromatic carbocycles. The highest BCUT2D eigenvalue weighted by molar-refractivity contribution is 6.16. The van der Waals surface area contributed by atoms with Gasteiger partial charge in [0.1, 0.15) is 0 Å². The van der Waals surface area contributed by atoms with Gasteiger partial charge in [-0.25, -0.2) is 0 Å². The van der Waals surface area contributed by atoms with E-state index in [0.29, 0.717) is 12.0 Å². The van der Waals surface area contributed by atoms with Crippen LogP contribution in [0.5, 0.6) is 0 Å². The molecule has 1 rings (SSSR count). The Balaban J connectivity index is 2.25. The average molecular weight is 182 g/mol. The zero-order chi connectivity index (χ0) is 9.68. The molecule has 1 aliphatic rings. The molecule has 13 heavy (non-hydrogen) atoms. The Hall–Kier alpha value is -1.16. The maximum Gasteiger partial charge on any atom is 0.254 e. The smallest absolute Gasteiger partial charge is 0.254 e. The van der Waals surface area contributed by atoms with Crippen LogP contribution < -0.4 is 10.6 Å². The van der Waals surface area contributed by atoms with Crippen LogP contribution in [0.4, 0.5) is 0 Å². The number of hydrogen-bond acceptors (Lipinski definition) is 3. The van der Waals surface area contributed by atoms with E-state index in [1.807, 2.05) is 6.92 Å². The Morgan fingerprint density at radius 1 is 1.46 bits per heavy atom. The molecule has 1 heterocycles. The predicted octanol–water partition coefficient (Wildman–Crippen LogP) is -0.0411. The van der Waals surface area contributed by atoms with E-state index in [-0.39, 0.29) is 11.8 Å². The highest BCUT2D eigenvalue weighted by Gasteiger charge is 2.19. The first-order valence-electron chi connectivity index (χ1n) is 4.50. The van der Waals surface area contributed by atoms with E-state index in [4.69, 9.17) is 0 Å². The van der Waals surface area contributed by atoms with Crippen molar-refractivity contribution in [1.82, 2.24) is 10.6 Å². The maximum absolute atomic E-state index is 11.0. The normalized spacial score (nSPS) is 15.9. The van der Waals surface area contributed by atoms with Gasteiger partial charge in [0.05, 0.1) is 0 Å². The van der Waals surface area contributed by atoms with Crippen molar-refractivity contribution in [3.05, 3.63) is 11.6 Å². The van der Waals surface area contributed by atoms with E-state index in [1.165, 1.54) is 6.08 Å². The molecule has 2 amide bonds. The van der Waals surface area contributed by atoms with Gasteiger partial charge in [-0.3, -0.25) is 14.9 Å². The minimum Gasteiger partial charge on any atom is -0.317 e. The molecule has 4 heteroatoms. The monoisotopic (exact) mass is 182 g/mol. The Morgan fingerprint density at radius 2 is 2.23 bits per heavy atom. The molecule has 0 saturated carbocycles. The number of nitrogens with one attached hydrogen (secondary N) is 2. The summed E-state index contributed by atoms with van der Waals surface area (Å²) in [6.07, 6.45) is 2.94. The summed E-state index contributed by atoms with van der Waals surface area (Å²) in [5.41, 5.74) is 0.600. The summed E-state index contributed by atoms with van der Waals surface area (Å²) in [6, 6.07) is 0. The first-order valence-corrected chi connectivity index (χ1v) is 4.50. The zero-order valence-electron chi connectivity index (χ0n) is 7.72. The number of rotatable bonds is 5. The second-order valence-electron chi connectivity index (χ2n) is 2.95. The van der Waals surface area contributed by atoms with Crippen molar-refractivity contribution >= 4 is 11.8 Å². The lowest BCUT2D eigenvalue weighted by atomic mass is 10.1. The second-order valence-corrected chi connectivity index (χ2v) is 2.95. The first-order chi connectivity index (χ1) is 6.24. The molecular formula is C9H14N2O2. The summed E-state index contributed by atoms with van der Waals surface area (Å²) in [4.78, 5) is 21.8. The van der Waals surface area contributed by atoms with Crippen molar-refractivity contribution in [3.63, 3.8) is 0 Å². The number of imide groups is 1. The zero-order valence-corrected chi connectivity index (χ0v) is 7.72. The molecule has 0 atom stereocenters. The van der Waals surface area contributed by atoms with E-state index in [0.717, 1.165) is 19.5 Å². The topological polar surface area (TPSA) is 58.2 Å². The average Bonchev–Trinajstić information content (AvgIpc) is 2.39. The number of hydrogen-bond donors (Lipinski definition) is 2. The van der Waals surface area contributed by atoms with Crippen molar-refractivity contribution in [2.45, 2.75) is 19.8 Å². The molecular weight excluding hydrogens is 168 g/mol. The Bertz CT molecular complexity index is 246. The third kappa shape index (κ3) is 2.99. The quantitative estimate of drug-likeness (QED) is 0.463. The van der Waals surface area contributed by atoms with Crippen LogP contribution in [0.3, 0.4) is 0 Å². The van der Waals surface area contributed by atoms with Crippen LogP contribution in [0.25, 0.3) is 0 Å². The van der Waals surface area contributed by atoms with Crippen LogP contribution in [0.15, 0.2) is 11.6 Å². The molecule has 4 nitrogen and oxygen atoms in total. The van der Waals surface area contributed by atoms with Crippen molar-refractivity contribution in [1.29, 1.82) is 0 Å². The van der Waals surface area contributed by atoms with E-state index >= 15 is 0 Å². The Labute approximate surface area is 77.4 Å². The van der Waals surface area contributed by atoms with Crippen molar-refractivity contribution in [2.75, 3.05) is 13.1 Å². The standard InChI is InChI=1S/C9H14N2O2/c1-2-10-5-3-4-7-6-8(12)11-9(7)13/h6,10H,2-5H2,1H3,(H,11,12,13). The first kappa shape index (κ1) is 9.92. The van der Waals surface area contributed by atoms with Gasteiger partial charge < -0.3 is 5.32 Å². The molecule has 0 bridgehead atoms. The summed E-state index contributed by atoms with van der Waals surface area (Å²) >= 11 is 0.